The van der Waals surface area contributed by atoms with Gasteiger partial charge in [-0.1, -0.05) is 13.8 Å². The minimum atomic E-state index is -0.642. The highest BCUT2D eigenvalue weighted by atomic mass is 16.2. The van der Waals surface area contributed by atoms with Crippen molar-refractivity contribution in [2.24, 2.45) is 28.1 Å². The number of aromatic nitrogens is 1. The second-order valence-corrected chi connectivity index (χ2v) is 6.71. The van der Waals surface area contributed by atoms with E-state index in [1.165, 1.54) is 0 Å². The lowest BCUT2D eigenvalue weighted by atomic mass is 10.0. The van der Waals surface area contributed by atoms with Gasteiger partial charge in [-0.15, -0.1) is 0 Å². The smallest absolute Gasteiger partial charge is 0.240 e. The first kappa shape index (κ1) is 21.6. The van der Waals surface area contributed by atoms with E-state index in [0.717, 1.165) is 11.8 Å². The summed E-state index contributed by atoms with van der Waals surface area (Å²) < 4.78 is 0. The predicted molar refractivity (Wildman–Crippen MR) is 102 cm³/mol. The second-order valence-electron chi connectivity index (χ2n) is 6.71. The minimum absolute atomic E-state index is 0.0105. The number of guanidine groups is 1. The summed E-state index contributed by atoms with van der Waals surface area (Å²) in [6.45, 7) is 4.72. The van der Waals surface area contributed by atoms with Crippen LogP contribution in [0.25, 0.3) is 0 Å². The highest BCUT2D eigenvalue weighted by Gasteiger charge is 2.28. The monoisotopic (exact) mass is 362 g/mol. The maximum atomic E-state index is 12.9. The standard InChI is InChI=1S/C18H30N6O2/c1-13(2)10-16(19)17(26)24(11-14-5-8-22-9-6-14)15(12-25)4-3-7-23-18(20)21/h5-6,8-9,12-13,15-16H,3-4,7,10-11,19H2,1-2H3,(H4,20,21,23)/t15-,16-/m0/s1. The van der Waals surface area contributed by atoms with Crippen molar-refractivity contribution in [3.63, 3.8) is 0 Å². The van der Waals surface area contributed by atoms with E-state index >= 15 is 0 Å². The van der Waals surface area contributed by atoms with Crippen molar-refractivity contribution in [3.8, 4) is 0 Å². The summed E-state index contributed by atoms with van der Waals surface area (Å²) in [7, 11) is 0. The van der Waals surface area contributed by atoms with Crippen molar-refractivity contribution in [2.45, 2.75) is 51.7 Å². The number of rotatable bonds is 11. The lowest BCUT2D eigenvalue weighted by molar-refractivity contribution is -0.138. The molecule has 26 heavy (non-hydrogen) atoms. The Bertz CT molecular complexity index is 587. The normalized spacial score (nSPS) is 13.1. The zero-order chi connectivity index (χ0) is 19.5. The number of aliphatic imine (C=N–C) groups is 1. The maximum absolute atomic E-state index is 12.9. The van der Waals surface area contributed by atoms with Gasteiger partial charge >= 0.3 is 0 Å². The summed E-state index contributed by atoms with van der Waals surface area (Å²) in [5, 5.41) is 0. The molecule has 0 bridgehead atoms. The first-order valence-electron chi connectivity index (χ1n) is 8.80. The molecule has 2 atom stereocenters. The van der Waals surface area contributed by atoms with E-state index in [1.807, 2.05) is 26.0 Å². The Balaban J connectivity index is 2.90. The van der Waals surface area contributed by atoms with Crippen LogP contribution in [-0.2, 0) is 16.1 Å². The molecule has 8 heteroatoms. The molecule has 0 radical (unpaired) electrons. The van der Waals surface area contributed by atoms with Crippen molar-refractivity contribution in [1.82, 2.24) is 9.88 Å². The van der Waals surface area contributed by atoms with Crippen molar-refractivity contribution >= 4 is 18.2 Å². The van der Waals surface area contributed by atoms with Crippen LogP contribution in [0.15, 0.2) is 29.5 Å². The Morgan fingerprint density at radius 1 is 1.31 bits per heavy atom. The van der Waals surface area contributed by atoms with Crippen LogP contribution in [0, 0.1) is 5.92 Å². The molecule has 0 saturated heterocycles. The van der Waals surface area contributed by atoms with Crippen molar-refractivity contribution < 1.29 is 9.59 Å². The molecule has 0 aliphatic rings. The molecule has 0 aliphatic carbocycles. The SMILES string of the molecule is CC(C)C[C@H](N)C(=O)N(Cc1ccncc1)[C@H](C=O)CCCN=C(N)N. The zero-order valence-electron chi connectivity index (χ0n) is 15.5. The fraction of sp³-hybridized carbons (Fsp3) is 0.556. The van der Waals surface area contributed by atoms with E-state index < -0.39 is 12.1 Å². The molecule has 8 nitrogen and oxygen atoms in total. The van der Waals surface area contributed by atoms with E-state index in [9.17, 15) is 9.59 Å². The molecule has 0 unspecified atom stereocenters. The molecule has 6 N–H and O–H groups in total. The third kappa shape index (κ3) is 7.60. The van der Waals surface area contributed by atoms with Gasteiger partial charge in [0.05, 0.1) is 12.1 Å². The van der Waals surface area contributed by atoms with Crippen LogP contribution < -0.4 is 17.2 Å². The molecule has 1 amide bonds. The number of nitrogens with two attached hydrogens (primary N) is 3. The Labute approximate surface area is 154 Å². The first-order valence-corrected chi connectivity index (χ1v) is 8.80. The van der Waals surface area contributed by atoms with E-state index in [-0.39, 0.29) is 17.8 Å². The third-order valence-electron chi connectivity index (χ3n) is 3.94. The highest BCUT2D eigenvalue weighted by molar-refractivity contribution is 5.84. The van der Waals surface area contributed by atoms with Gasteiger partial charge in [-0.05, 0) is 42.9 Å². The van der Waals surface area contributed by atoms with Gasteiger partial charge in [0.1, 0.15) is 6.29 Å². The van der Waals surface area contributed by atoms with Gasteiger partial charge in [0.15, 0.2) is 5.96 Å². The topological polar surface area (TPSA) is 141 Å². The molecule has 0 spiro atoms. The molecule has 144 valence electrons. The molecular formula is C18H30N6O2. The summed E-state index contributed by atoms with van der Waals surface area (Å²) in [6.07, 6.45) is 5.70. The summed E-state index contributed by atoms with van der Waals surface area (Å²) in [6, 6.07) is 2.41. The van der Waals surface area contributed by atoms with Crippen LogP contribution in [0.4, 0.5) is 0 Å². The van der Waals surface area contributed by atoms with Gasteiger partial charge in [-0.3, -0.25) is 14.8 Å². The van der Waals surface area contributed by atoms with Crippen LogP contribution in [0.2, 0.25) is 0 Å². The number of carbonyl (C=O) groups excluding carboxylic acids is 2. The summed E-state index contributed by atoms with van der Waals surface area (Å²) >= 11 is 0. The highest BCUT2D eigenvalue weighted by Crippen LogP contribution is 2.15. The van der Waals surface area contributed by atoms with Gasteiger partial charge in [-0.2, -0.15) is 0 Å². The molecule has 1 rings (SSSR count). The Hall–Kier alpha value is -2.48. The Morgan fingerprint density at radius 2 is 1.96 bits per heavy atom. The second kappa shape index (κ2) is 11.2. The number of pyridine rings is 1. The lowest BCUT2D eigenvalue weighted by Gasteiger charge is -2.31. The molecule has 1 aromatic rings. The van der Waals surface area contributed by atoms with Crippen LogP contribution in [0.3, 0.4) is 0 Å². The average Bonchev–Trinajstić information content (AvgIpc) is 2.60. The van der Waals surface area contributed by atoms with Gasteiger partial charge in [0, 0.05) is 25.5 Å². The minimum Gasteiger partial charge on any atom is -0.370 e. The Morgan fingerprint density at radius 3 is 2.50 bits per heavy atom. The van der Waals surface area contributed by atoms with E-state index in [4.69, 9.17) is 17.2 Å². The number of nitrogens with zero attached hydrogens (tertiary/aromatic N) is 3. The van der Waals surface area contributed by atoms with E-state index in [0.29, 0.717) is 32.4 Å². The summed E-state index contributed by atoms with van der Waals surface area (Å²) in [5.74, 6) is 0.0686. The van der Waals surface area contributed by atoms with Crippen LogP contribution in [0.5, 0.6) is 0 Å². The average molecular weight is 362 g/mol. The summed E-state index contributed by atoms with van der Waals surface area (Å²) in [5.41, 5.74) is 17.6. The van der Waals surface area contributed by atoms with Gasteiger partial charge in [-0.25, -0.2) is 0 Å². The lowest BCUT2D eigenvalue weighted by Crippen LogP contribution is -2.49. The van der Waals surface area contributed by atoms with Crippen molar-refractivity contribution in [2.75, 3.05) is 6.54 Å². The number of carbonyl (C=O) groups is 2. The first-order chi connectivity index (χ1) is 12.3. The number of amides is 1. The molecule has 1 aromatic heterocycles. The van der Waals surface area contributed by atoms with Gasteiger partial charge in [0.2, 0.25) is 5.91 Å². The molecular weight excluding hydrogens is 332 g/mol. The number of hydrogen-bond donors (Lipinski definition) is 3. The Kier molecular flexibility index (Phi) is 9.29. The van der Waals surface area contributed by atoms with Crippen molar-refractivity contribution in [3.05, 3.63) is 30.1 Å². The molecule has 1 heterocycles. The molecule has 0 aliphatic heterocycles. The quantitative estimate of drug-likeness (QED) is 0.225. The van der Waals surface area contributed by atoms with E-state index in [2.05, 4.69) is 9.98 Å². The largest absolute Gasteiger partial charge is 0.370 e. The maximum Gasteiger partial charge on any atom is 0.240 e. The zero-order valence-corrected chi connectivity index (χ0v) is 15.5. The van der Waals surface area contributed by atoms with Gasteiger partial charge < -0.3 is 26.9 Å². The third-order valence-corrected chi connectivity index (χ3v) is 3.94. The summed E-state index contributed by atoms with van der Waals surface area (Å²) in [4.78, 5) is 34.0. The van der Waals surface area contributed by atoms with E-state index in [1.54, 1.807) is 17.3 Å². The molecule has 0 saturated carbocycles. The molecule has 0 aromatic carbocycles. The fourth-order valence-electron chi connectivity index (χ4n) is 2.67. The predicted octanol–water partition coefficient (Wildman–Crippen LogP) is 0.405. The fourth-order valence-corrected chi connectivity index (χ4v) is 2.67. The van der Waals surface area contributed by atoms with Crippen LogP contribution >= 0.6 is 0 Å². The van der Waals surface area contributed by atoms with Crippen LogP contribution in [-0.4, -0.2) is 46.7 Å². The van der Waals surface area contributed by atoms with Crippen LogP contribution in [0.1, 0.15) is 38.7 Å². The van der Waals surface area contributed by atoms with Gasteiger partial charge in [0.25, 0.3) is 0 Å². The molecule has 0 fully saturated rings. The number of aldehydes is 1. The van der Waals surface area contributed by atoms with Crippen molar-refractivity contribution in [1.29, 1.82) is 0 Å². The number of hydrogen-bond acceptors (Lipinski definition) is 5.